The molecule has 0 unspecified atom stereocenters. The first-order valence-corrected chi connectivity index (χ1v) is 8.53. The lowest BCUT2D eigenvalue weighted by Crippen LogP contribution is -2.46. The molecular formula is C17H23N5O2. The van der Waals surface area contributed by atoms with Gasteiger partial charge in [-0.25, -0.2) is 9.78 Å². The van der Waals surface area contributed by atoms with Crippen LogP contribution in [0, 0.1) is 5.41 Å². The highest BCUT2D eigenvalue weighted by Gasteiger charge is 2.42. The molecule has 7 nitrogen and oxygen atoms in total. The van der Waals surface area contributed by atoms with Crippen molar-refractivity contribution < 1.29 is 4.74 Å². The lowest BCUT2D eigenvalue weighted by molar-refractivity contribution is -0.135. The maximum absolute atomic E-state index is 12.8. The number of allylic oxidation sites excluding steroid dienone is 1. The van der Waals surface area contributed by atoms with E-state index in [2.05, 4.69) is 15.3 Å². The third kappa shape index (κ3) is 2.34. The summed E-state index contributed by atoms with van der Waals surface area (Å²) in [6.45, 7) is 3.68. The minimum atomic E-state index is -0.00621. The second-order valence-electron chi connectivity index (χ2n) is 6.98. The number of fused-ring (bicyclic) bond motifs is 1. The Bertz CT molecular complexity index is 837. The molecule has 0 amide bonds. The number of rotatable bonds is 3. The van der Waals surface area contributed by atoms with E-state index >= 15 is 0 Å². The van der Waals surface area contributed by atoms with Crippen LogP contribution in [0.5, 0.6) is 0 Å². The van der Waals surface area contributed by atoms with Crippen molar-refractivity contribution in [3.8, 4) is 0 Å². The zero-order valence-electron chi connectivity index (χ0n) is 14.2. The summed E-state index contributed by atoms with van der Waals surface area (Å²) >= 11 is 0. The van der Waals surface area contributed by atoms with E-state index in [-0.39, 0.29) is 11.7 Å². The number of nitrogens with one attached hydrogen (secondary N) is 1. The molecule has 0 bridgehead atoms. The number of hydrogen-bond donors (Lipinski definition) is 1. The monoisotopic (exact) mass is 329 g/mol. The van der Waals surface area contributed by atoms with Crippen molar-refractivity contribution in [2.75, 3.05) is 18.5 Å². The van der Waals surface area contributed by atoms with Crippen LogP contribution in [0.3, 0.4) is 0 Å². The minimum absolute atomic E-state index is 0.00621. The van der Waals surface area contributed by atoms with E-state index in [0.717, 1.165) is 50.1 Å². The van der Waals surface area contributed by atoms with E-state index < -0.39 is 0 Å². The molecule has 3 heterocycles. The highest BCUT2D eigenvalue weighted by Crippen LogP contribution is 2.45. The third-order valence-electron chi connectivity index (χ3n) is 5.41. The number of imidazole rings is 1. The fraction of sp³-hybridized carbons (Fsp3) is 0.588. The Morgan fingerprint density at radius 3 is 2.75 bits per heavy atom. The maximum atomic E-state index is 12.8. The molecule has 128 valence electrons. The standard InChI is InChI=1S/C17H23N5O2/c1-3-8-18-15-19-9-13-14(20-15)22(16(23)21(13)2)12-4-6-17(7-5-12)10-24-11-17/h3,8-9,12H,4-7,10-11H2,1-2H3,(H,18,19,20)/b8-3+. The van der Waals surface area contributed by atoms with Crippen LogP contribution >= 0.6 is 0 Å². The van der Waals surface area contributed by atoms with E-state index in [9.17, 15) is 4.79 Å². The topological polar surface area (TPSA) is 74.0 Å². The number of anilines is 1. The molecule has 2 fully saturated rings. The Morgan fingerprint density at radius 1 is 1.38 bits per heavy atom. The van der Waals surface area contributed by atoms with Gasteiger partial charge in [0.15, 0.2) is 5.65 Å². The number of aromatic nitrogens is 4. The van der Waals surface area contributed by atoms with Gasteiger partial charge in [-0.15, -0.1) is 0 Å². The third-order valence-corrected chi connectivity index (χ3v) is 5.41. The first-order chi connectivity index (χ1) is 11.6. The average molecular weight is 329 g/mol. The molecule has 2 aromatic heterocycles. The van der Waals surface area contributed by atoms with Gasteiger partial charge in [-0.3, -0.25) is 9.13 Å². The summed E-state index contributed by atoms with van der Waals surface area (Å²) in [6.07, 6.45) is 9.63. The van der Waals surface area contributed by atoms with Crippen LogP contribution in [0.1, 0.15) is 38.6 Å². The van der Waals surface area contributed by atoms with Crippen LogP contribution in [0.4, 0.5) is 5.95 Å². The first kappa shape index (κ1) is 15.4. The van der Waals surface area contributed by atoms with E-state index in [1.807, 2.05) is 17.6 Å². The van der Waals surface area contributed by atoms with E-state index in [4.69, 9.17) is 4.74 Å². The second kappa shape index (κ2) is 5.73. The molecule has 2 aliphatic rings. The van der Waals surface area contributed by atoms with E-state index in [0.29, 0.717) is 11.4 Å². The SMILES string of the molecule is C/C=C/Nc1ncc2c(n1)n(C1CCC3(CC1)COC3)c(=O)n2C. The molecular weight excluding hydrogens is 306 g/mol. The number of hydrogen-bond acceptors (Lipinski definition) is 5. The summed E-state index contributed by atoms with van der Waals surface area (Å²) in [5.74, 6) is 0.514. The Balaban J connectivity index is 1.71. The highest BCUT2D eigenvalue weighted by atomic mass is 16.5. The van der Waals surface area contributed by atoms with Crippen LogP contribution in [-0.4, -0.2) is 32.3 Å². The number of nitrogens with zero attached hydrogens (tertiary/aromatic N) is 4. The quantitative estimate of drug-likeness (QED) is 0.934. The van der Waals surface area contributed by atoms with Gasteiger partial charge in [0.2, 0.25) is 5.95 Å². The van der Waals surface area contributed by atoms with Crippen LogP contribution < -0.4 is 11.0 Å². The highest BCUT2D eigenvalue weighted by molar-refractivity contribution is 5.72. The Hall–Kier alpha value is -2.15. The lowest BCUT2D eigenvalue weighted by atomic mass is 9.71. The summed E-state index contributed by atoms with van der Waals surface area (Å²) < 4.78 is 8.91. The zero-order chi connectivity index (χ0) is 16.7. The lowest BCUT2D eigenvalue weighted by Gasteiger charge is -2.46. The van der Waals surface area contributed by atoms with E-state index in [1.165, 1.54) is 0 Å². The van der Waals surface area contributed by atoms with Crippen molar-refractivity contribution >= 4 is 17.1 Å². The largest absolute Gasteiger partial charge is 0.380 e. The smallest absolute Gasteiger partial charge is 0.330 e. The Morgan fingerprint density at radius 2 is 2.12 bits per heavy atom. The molecule has 1 aliphatic carbocycles. The van der Waals surface area contributed by atoms with Gasteiger partial charge in [0.25, 0.3) is 0 Å². The Labute approximate surface area is 140 Å². The van der Waals surface area contributed by atoms with Crippen LogP contribution in [0.15, 0.2) is 23.3 Å². The first-order valence-electron chi connectivity index (χ1n) is 8.53. The molecule has 1 saturated heterocycles. The van der Waals surface area contributed by atoms with Crippen LogP contribution in [0.25, 0.3) is 11.2 Å². The molecule has 1 spiro atoms. The van der Waals surface area contributed by atoms with E-state index in [1.54, 1.807) is 24.0 Å². The molecule has 1 aliphatic heterocycles. The van der Waals surface area contributed by atoms with Gasteiger partial charge < -0.3 is 10.1 Å². The van der Waals surface area contributed by atoms with Crippen LogP contribution in [0.2, 0.25) is 0 Å². The fourth-order valence-corrected chi connectivity index (χ4v) is 3.84. The van der Waals surface area contributed by atoms with Crippen molar-refractivity contribution in [2.45, 2.75) is 38.6 Å². The number of aryl methyl sites for hydroxylation is 1. The predicted octanol–water partition coefficient (Wildman–Crippen LogP) is 2.21. The molecule has 24 heavy (non-hydrogen) atoms. The van der Waals surface area contributed by atoms with Crippen LogP contribution in [-0.2, 0) is 11.8 Å². The van der Waals surface area contributed by atoms with Gasteiger partial charge in [0.1, 0.15) is 5.52 Å². The molecule has 1 saturated carbocycles. The predicted molar refractivity (Wildman–Crippen MR) is 92.0 cm³/mol. The number of ether oxygens (including phenoxy) is 1. The molecule has 7 heteroatoms. The van der Waals surface area contributed by atoms with Crippen molar-refractivity contribution in [3.63, 3.8) is 0 Å². The zero-order valence-corrected chi connectivity index (χ0v) is 14.2. The maximum Gasteiger partial charge on any atom is 0.330 e. The van der Waals surface area contributed by atoms with Gasteiger partial charge in [0, 0.05) is 18.5 Å². The average Bonchev–Trinajstić information content (AvgIpc) is 2.82. The molecule has 0 aromatic carbocycles. The summed E-state index contributed by atoms with van der Waals surface area (Å²) in [5, 5.41) is 3.03. The second-order valence-corrected chi connectivity index (χ2v) is 6.98. The molecule has 0 radical (unpaired) electrons. The molecule has 4 rings (SSSR count). The van der Waals surface area contributed by atoms with Crippen molar-refractivity contribution in [1.29, 1.82) is 0 Å². The Kier molecular flexibility index (Phi) is 3.68. The minimum Gasteiger partial charge on any atom is -0.380 e. The summed E-state index contributed by atoms with van der Waals surface area (Å²) in [4.78, 5) is 21.6. The summed E-state index contributed by atoms with van der Waals surface area (Å²) in [7, 11) is 1.79. The normalized spacial score (nSPS) is 20.8. The molecule has 2 aromatic rings. The summed E-state index contributed by atoms with van der Waals surface area (Å²) in [5.41, 5.74) is 1.86. The van der Waals surface area contributed by atoms with Gasteiger partial charge in [-0.2, -0.15) is 4.98 Å². The molecule has 0 atom stereocenters. The van der Waals surface area contributed by atoms with Crippen molar-refractivity contribution in [1.82, 2.24) is 19.1 Å². The van der Waals surface area contributed by atoms with Gasteiger partial charge >= 0.3 is 5.69 Å². The van der Waals surface area contributed by atoms with Gasteiger partial charge in [-0.1, -0.05) is 6.08 Å². The van der Waals surface area contributed by atoms with Gasteiger partial charge in [0.05, 0.1) is 19.4 Å². The fourth-order valence-electron chi connectivity index (χ4n) is 3.84. The van der Waals surface area contributed by atoms with Crippen molar-refractivity contribution in [2.24, 2.45) is 12.5 Å². The van der Waals surface area contributed by atoms with Gasteiger partial charge in [-0.05, 0) is 38.8 Å². The van der Waals surface area contributed by atoms with Crippen molar-refractivity contribution in [3.05, 3.63) is 29.0 Å². The molecule has 1 N–H and O–H groups in total. The summed E-state index contributed by atoms with van der Waals surface area (Å²) in [6, 6.07) is 0.205.